The number of aromatic nitrogens is 3. The minimum Gasteiger partial charge on any atom is -0.790 e. The summed E-state index contributed by atoms with van der Waals surface area (Å²) in [4.78, 5) is 40.2. The first-order valence-corrected chi connectivity index (χ1v) is 18.1. The predicted octanol–water partition coefficient (Wildman–Crippen LogP) is -1.06. The van der Waals surface area contributed by atoms with Gasteiger partial charge in [-0.15, -0.1) is 11.8 Å². The van der Waals surface area contributed by atoms with E-state index in [1.54, 1.807) is 25.2 Å². The topological polar surface area (TPSA) is 172 Å². The van der Waals surface area contributed by atoms with Crippen molar-refractivity contribution in [2.75, 3.05) is 13.2 Å². The first-order valence-electron chi connectivity index (χ1n) is 15.7. The molecule has 12 nitrogen and oxygen atoms in total. The zero-order valence-electron chi connectivity index (χ0n) is 29.6. The third-order valence-electron chi connectivity index (χ3n) is 7.94. The number of nitrogens with zero attached hydrogens (tertiary/aromatic N) is 4. The van der Waals surface area contributed by atoms with Crippen LogP contribution in [0, 0.1) is 34.6 Å². The molecule has 0 radical (unpaired) electrons. The number of nitriles is 1. The summed E-state index contributed by atoms with van der Waals surface area (Å²) >= 11 is 1.16. The van der Waals surface area contributed by atoms with Crippen LogP contribution in [0.2, 0.25) is 0 Å². The van der Waals surface area contributed by atoms with Crippen molar-refractivity contribution in [2.24, 2.45) is 0 Å². The van der Waals surface area contributed by atoms with Crippen LogP contribution in [-0.2, 0) is 42.1 Å². The van der Waals surface area contributed by atoms with Crippen molar-refractivity contribution in [1.29, 1.82) is 5.26 Å². The van der Waals surface area contributed by atoms with Crippen molar-refractivity contribution in [1.82, 2.24) is 14.8 Å². The van der Waals surface area contributed by atoms with Gasteiger partial charge in [-0.25, -0.2) is 32.0 Å². The fraction of sp³-hybridized carbons (Fsp3) is 0.257. The van der Waals surface area contributed by atoms with E-state index >= 15 is 8.78 Å². The SMILES string of the molecule is C[C@@H](S[C@H]1CO[C@H](/C=C/C=C/c2ccc(C#N)cc2F)OC1)[C@@](Cn1cncn1)(OC(=O)c1c(F)cccc1COP(=O)([O-])[O-])c1ccc(F)cc1F.[Na+].[Na+]. The Morgan fingerprint density at radius 3 is 2.47 bits per heavy atom. The van der Waals surface area contributed by atoms with Crippen molar-refractivity contribution < 1.29 is 115 Å². The van der Waals surface area contributed by atoms with Crippen molar-refractivity contribution in [3.05, 3.63) is 137 Å². The van der Waals surface area contributed by atoms with E-state index in [9.17, 15) is 27.9 Å². The maximum absolute atomic E-state index is 15.8. The zero-order valence-corrected chi connectivity index (χ0v) is 35.4. The van der Waals surface area contributed by atoms with Crippen molar-refractivity contribution in [3.8, 4) is 6.07 Å². The molecular formula is C35H29F4N4Na2O8PS. The third kappa shape index (κ3) is 12.7. The maximum atomic E-state index is 15.8. The minimum atomic E-state index is -5.54. The zero-order chi connectivity index (χ0) is 38.2. The van der Waals surface area contributed by atoms with Crippen LogP contribution in [0.15, 0.2) is 85.5 Å². The van der Waals surface area contributed by atoms with Crippen LogP contribution in [0.3, 0.4) is 0 Å². The van der Waals surface area contributed by atoms with Crippen LogP contribution in [0.4, 0.5) is 17.6 Å². The number of thioether (sulfide) groups is 1. The van der Waals surface area contributed by atoms with Gasteiger partial charge in [-0.1, -0.05) is 36.4 Å². The molecule has 1 aromatic heterocycles. The quantitative estimate of drug-likeness (QED) is 0.0498. The smallest absolute Gasteiger partial charge is 0.790 e. The molecule has 0 N–H and O–H groups in total. The molecule has 20 heteroatoms. The van der Waals surface area contributed by atoms with Crippen LogP contribution < -0.4 is 68.9 Å². The molecular weight excluding hydrogens is 789 g/mol. The van der Waals surface area contributed by atoms with E-state index in [1.165, 1.54) is 35.5 Å². The second-order valence-corrected chi connectivity index (χ2v) is 14.3. The number of ether oxygens (including phenoxy) is 3. The standard InChI is InChI=1S/C35H31F4N4O8PS.2Na/c1-22(53-27-17-48-32(49-18-27)8-3-2-5-24-10-9-23(15-40)13-30(24)38)35(19-43-21-41-20-42-43,28-12-11-26(36)14-31(28)39)51-34(44)33-25(6-4-7-29(33)37)16-50-52(45,46)47;;/h2-14,20-22,27,32H,16-19H2,1H3,(H2,45,46,47);;/q;2*+1/p-2/b5-2+,8-3+;;/t22-,27-,32-,35-;;/m1../s1. The molecule has 278 valence electrons. The van der Waals surface area contributed by atoms with Gasteiger partial charge in [-0.3, -0.25) is 0 Å². The average molecular weight is 819 g/mol. The van der Waals surface area contributed by atoms with E-state index in [0.717, 1.165) is 48.2 Å². The van der Waals surface area contributed by atoms with Crippen LogP contribution in [0.25, 0.3) is 6.08 Å². The molecule has 2 atom stereocenters. The van der Waals surface area contributed by atoms with E-state index in [0.29, 0.717) is 6.07 Å². The summed E-state index contributed by atoms with van der Waals surface area (Å²) in [5, 5.41) is 11.6. The van der Waals surface area contributed by atoms with Crippen molar-refractivity contribution in [2.45, 2.75) is 42.5 Å². The summed E-state index contributed by atoms with van der Waals surface area (Å²) in [6, 6.07) is 11.8. The third-order valence-corrected chi connectivity index (χ3v) is 9.83. The number of rotatable bonds is 14. The molecule has 4 aromatic rings. The van der Waals surface area contributed by atoms with E-state index < -0.39 is 78.2 Å². The van der Waals surface area contributed by atoms with Crippen LogP contribution >= 0.6 is 19.6 Å². The van der Waals surface area contributed by atoms with Gasteiger partial charge in [0.15, 0.2) is 11.9 Å². The molecule has 2 heterocycles. The molecule has 0 saturated carbocycles. The van der Waals surface area contributed by atoms with E-state index in [1.807, 2.05) is 6.07 Å². The summed E-state index contributed by atoms with van der Waals surface area (Å²) in [6.07, 6.45) is 7.90. The second kappa shape index (κ2) is 21.2. The largest absolute Gasteiger partial charge is 1.00 e. The van der Waals surface area contributed by atoms with Gasteiger partial charge >= 0.3 is 65.1 Å². The number of allylic oxidation sites excluding steroid dienone is 2. The Bertz CT molecular complexity index is 2080. The van der Waals surface area contributed by atoms with E-state index in [-0.39, 0.29) is 94.6 Å². The molecule has 3 aromatic carbocycles. The molecule has 0 unspecified atom stereocenters. The van der Waals surface area contributed by atoms with Gasteiger partial charge in [0.05, 0.1) is 51.1 Å². The Morgan fingerprint density at radius 1 is 1.09 bits per heavy atom. The Kier molecular flexibility index (Phi) is 18.0. The molecule has 1 aliphatic rings. The minimum absolute atomic E-state index is 0. The molecule has 0 spiro atoms. The number of halogens is 4. The Labute approximate surface area is 361 Å². The summed E-state index contributed by atoms with van der Waals surface area (Å²) in [5.74, 6) is -5.11. The number of phosphoric acid groups is 1. The van der Waals surface area contributed by atoms with Gasteiger partial charge in [0.25, 0.3) is 0 Å². The van der Waals surface area contributed by atoms with Gasteiger partial charge in [-0.2, -0.15) is 10.4 Å². The number of hydrogen-bond donors (Lipinski definition) is 0. The molecule has 1 fully saturated rings. The Balaban J connectivity index is 0.00000406. The van der Waals surface area contributed by atoms with Crippen molar-refractivity contribution >= 4 is 31.6 Å². The molecule has 1 saturated heterocycles. The monoisotopic (exact) mass is 818 g/mol. The van der Waals surface area contributed by atoms with Gasteiger partial charge in [0.1, 0.15) is 41.5 Å². The number of esters is 1. The van der Waals surface area contributed by atoms with Gasteiger partial charge in [-0.05, 0) is 48.9 Å². The molecule has 0 bridgehead atoms. The van der Waals surface area contributed by atoms with Gasteiger partial charge in [0.2, 0.25) is 0 Å². The first kappa shape index (κ1) is 46.7. The molecule has 0 aliphatic carbocycles. The predicted molar refractivity (Wildman–Crippen MR) is 178 cm³/mol. The maximum Gasteiger partial charge on any atom is 1.00 e. The summed E-state index contributed by atoms with van der Waals surface area (Å²) in [5.41, 5.74) is -3.03. The van der Waals surface area contributed by atoms with E-state index in [2.05, 4.69) is 14.6 Å². The van der Waals surface area contributed by atoms with E-state index in [4.69, 9.17) is 19.5 Å². The normalized spacial score (nSPS) is 17.5. The number of phosphoric ester groups is 1. The molecule has 1 aliphatic heterocycles. The Hall–Kier alpha value is -2.66. The number of carbonyl (C=O) groups excluding carboxylic acids is 1. The number of hydrogen-bond acceptors (Lipinski definition) is 12. The van der Waals surface area contributed by atoms with Gasteiger partial charge in [0, 0.05) is 22.4 Å². The fourth-order valence-corrected chi connectivity index (χ4v) is 7.07. The summed E-state index contributed by atoms with van der Waals surface area (Å²) in [7, 11) is -5.54. The number of benzene rings is 3. The van der Waals surface area contributed by atoms with Crippen LogP contribution in [0.1, 0.15) is 39.5 Å². The molecule has 0 amide bonds. The first-order chi connectivity index (χ1) is 25.3. The molecule has 5 rings (SSSR count). The summed E-state index contributed by atoms with van der Waals surface area (Å²) in [6.45, 7) is 0.379. The molecule has 55 heavy (non-hydrogen) atoms. The fourth-order valence-electron chi connectivity index (χ4n) is 5.41. The van der Waals surface area contributed by atoms with Crippen LogP contribution in [-0.4, -0.2) is 50.7 Å². The average Bonchev–Trinajstić information content (AvgIpc) is 3.62. The summed E-state index contributed by atoms with van der Waals surface area (Å²) < 4.78 is 93.8. The second-order valence-electron chi connectivity index (χ2n) is 11.5. The number of carbonyl (C=O) groups is 1. The van der Waals surface area contributed by atoms with Crippen molar-refractivity contribution in [3.63, 3.8) is 0 Å². The van der Waals surface area contributed by atoms with Crippen LogP contribution in [0.5, 0.6) is 0 Å². The van der Waals surface area contributed by atoms with Gasteiger partial charge < -0.3 is 33.1 Å². The Morgan fingerprint density at radius 2 is 1.84 bits per heavy atom.